The standard InChI is InChI=1S/C29H29NO5/c1-4-35-22-15-13-21(14-16-22)30-27(24-18-17-23(33-2)19-26(24)34-3)25(28(31)29(30)32)12-8-11-20-9-6-5-7-10-20/h5-11,13-19,27,31H,4,12H2,1-3H3. The van der Waals surface area contributed by atoms with Crippen molar-refractivity contribution in [2.24, 2.45) is 0 Å². The fourth-order valence-electron chi connectivity index (χ4n) is 4.26. The number of rotatable bonds is 9. The van der Waals surface area contributed by atoms with Crippen LogP contribution in [-0.2, 0) is 4.79 Å². The Kier molecular flexibility index (Phi) is 7.41. The first kappa shape index (κ1) is 24.0. The molecule has 35 heavy (non-hydrogen) atoms. The van der Waals surface area contributed by atoms with Gasteiger partial charge in [-0.1, -0.05) is 42.5 Å². The van der Waals surface area contributed by atoms with Crippen molar-refractivity contribution in [1.29, 1.82) is 0 Å². The Morgan fingerprint density at radius 1 is 0.943 bits per heavy atom. The molecule has 3 aromatic carbocycles. The van der Waals surface area contributed by atoms with Crippen molar-refractivity contribution in [3.63, 3.8) is 0 Å². The van der Waals surface area contributed by atoms with Gasteiger partial charge in [-0.25, -0.2) is 0 Å². The van der Waals surface area contributed by atoms with Crippen molar-refractivity contribution in [1.82, 2.24) is 0 Å². The van der Waals surface area contributed by atoms with E-state index in [4.69, 9.17) is 14.2 Å². The van der Waals surface area contributed by atoms with Gasteiger partial charge in [0.15, 0.2) is 5.76 Å². The summed E-state index contributed by atoms with van der Waals surface area (Å²) in [5, 5.41) is 11.0. The smallest absolute Gasteiger partial charge is 0.293 e. The highest BCUT2D eigenvalue weighted by atomic mass is 16.5. The molecule has 1 amide bonds. The van der Waals surface area contributed by atoms with Crippen molar-refractivity contribution in [2.75, 3.05) is 25.7 Å². The van der Waals surface area contributed by atoms with Crippen molar-refractivity contribution in [2.45, 2.75) is 19.4 Å². The van der Waals surface area contributed by atoms with Gasteiger partial charge in [0, 0.05) is 22.9 Å². The average Bonchev–Trinajstić information content (AvgIpc) is 3.14. The van der Waals surface area contributed by atoms with Gasteiger partial charge in [-0.15, -0.1) is 0 Å². The molecule has 1 N–H and O–H groups in total. The van der Waals surface area contributed by atoms with Gasteiger partial charge in [0.1, 0.15) is 17.2 Å². The number of carbonyl (C=O) groups excluding carboxylic acids is 1. The van der Waals surface area contributed by atoms with Crippen LogP contribution < -0.4 is 19.1 Å². The molecule has 0 saturated carbocycles. The molecule has 1 heterocycles. The number of amides is 1. The largest absolute Gasteiger partial charge is 0.503 e. The summed E-state index contributed by atoms with van der Waals surface area (Å²) in [5.74, 6) is 1.21. The molecule has 0 aliphatic carbocycles. The zero-order valence-electron chi connectivity index (χ0n) is 20.1. The number of methoxy groups -OCH3 is 2. The number of carbonyl (C=O) groups is 1. The zero-order chi connectivity index (χ0) is 24.8. The third kappa shape index (κ3) is 5.01. The molecule has 1 atom stereocenters. The first-order chi connectivity index (χ1) is 17.1. The van der Waals surface area contributed by atoms with Crippen LogP contribution >= 0.6 is 0 Å². The van der Waals surface area contributed by atoms with E-state index in [1.807, 2.05) is 85.8 Å². The number of aliphatic hydroxyl groups is 1. The lowest BCUT2D eigenvalue weighted by Gasteiger charge is -2.28. The third-order valence-electron chi connectivity index (χ3n) is 5.92. The Labute approximate surface area is 205 Å². The van der Waals surface area contributed by atoms with Crippen LogP contribution in [0.5, 0.6) is 17.2 Å². The maximum Gasteiger partial charge on any atom is 0.293 e. The molecule has 1 aliphatic rings. The van der Waals surface area contributed by atoms with Gasteiger partial charge in [-0.05, 0) is 55.3 Å². The van der Waals surface area contributed by atoms with Gasteiger partial charge in [-0.2, -0.15) is 0 Å². The molecular weight excluding hydrogens is 442 g/mol. The molecule has 0 radical (unpaired) electrons. The lowest BCUT2D eigenvalue weighted by molar-refractivity contribution is -0.117. The molecule has 6 heteroatoms. The second-order valence-corrected chi connectivity index (χ2v) is 8.00. The minimum absolute atomic E-state index is 0.250. The molecule has 4 rings (SSSR count). The molecule has 0 aromatic heterocycles. The van der Waals surface area contributed by atoms with E-state index in [2.05, 4.69) is 0 Å². The Morgan fingerprint density at radius 2 is 1.66 bits per heavy atom. The SMILES string of the molecule is CCOc1ccc(N2C(=O)C(O)=C(CC=Cc3ccccc3)C2c2ccc(OC)cc2OC)cc1. The minimum Gasteiger partial charge on any atom is -0.503 e. The number of nitrogens with zero attached hydrogens (tertiary/aromatic N) is 1. The normalized spacial score (nSPS) is 15.7. The number of ether oxygens (including phenoxy) is 3. The van der Waals surface area contributed by atoms with E-state index in [-0.39, 0.29) is 5.76 Å². The maximum absolute atomic E-state index is 13.4. The second-order valence-electron chi connectivity index (χ2n) is 8.00. The van der Waals surface area contributed by atoms with Crippen LogP contribution in [0.25, 0.3) is 6.08 Å². The van der Waals surface area contributed by atoms with Crippen LogP contribution in [0.15, 0.2) is 90.2 Å². The monoisotopic (exact) mass is 471 g/mol. The highest BCUT2D eigenvalue weighted by Crippen LogP contribution is 2.45. The van der Waals surface area contributed by atoms with E-state index in [1.54, 1.807) is 25.2 Å². The molecule has 180 valence electrons. The number of aliphatic hydroxyl groups excluding tert-OH is 1. The van der Waals surface area contributed by atoms with Crippen molar-refractivity contribution >= 4 is 17.7 Å². The van der Waals surface area contributed by atoms with Crippen molar-refractivity contribution in [3.05, 3.63) is 101 Å². The van der Waals surface area contributed by atoms with E-state index in [0.29, 0.717) is 41.5 Å². The zero-order valence-corrected chi connectivity index (χ0v) is 20.1. The summed E-state index contributed by atoms with van der Waals surface area (Å²) in [7, 11) is 3.17. The Balaban J connectivity index is 1.76. The summed E-state index contributed by atoms with van der Waals surface area (Å²) in [4.78, 5) is 15.0. The average molecular weight is 472 g/mol. The highest BCUT2D eigenvalue weighted by Gasteiger charge is 2.42. The molecule has 0 bridgehead atoms. The predicted octanol–water partition coefficient (Wildman–Crippen LogP) is 6.11. The van der Waals surface area contributed by atoms with Gasteiger partial charge < -0.3 is 19.3 Å². The van der Waals surface area contributed by atoms with Gasteiger partial charge in [0.2, 0.25) is 0 Å². The first-order valence-electron chi connectivity index (χ1n) is 11.5. The molecule has 3 aromatic rings. The lowest BCUT2D eigenvalue weighted by atomic mass is 9.95. The molecule has 1 aliphatic heterocycles. The summed E-state index contributed by atoms with van der Waals surface area (Å²) in [6.45, 7) is 2.47. The van der Waals surface area contributed by atoms with Gasteiger partial charge in [0.05, 0.1) is 26.9 Å². The molecular formula is C29H29NO5. The van der Waals surface area contributed by atoms with Crippen LogP contribution in [0.2, 0.25) is 0 Å². The number of hydrogen-bond acceptors (Lipinski definition) is 5. The quantitative estimate of drug-likeness (QED) is 0.408. The van der Waals surface area contributed by atoms with Crippen LogP contribution in [0, 0.1) is 0 Å². The molecule has 0 spiro atoms. The first-order valence-corrected chi connectivity index (χ1v) is 11.5. The summed E-state index contributed by atoms with van der Waals surface area (Å²) in [6.07, 6.45) is 4.32. The van der Waals surface area contributed by atoms with Gasteiger partial charge >= 0.3 is 0 Å². The van der Waals surface area contributed by atoms with Crippen molar-refractivity contribution in [3.8, 4) is 17.2 Å². The maximum atomic E-state index is 13.4. The van der Waals surface area contributed by atoms with E-state index in [9.17, 15) is 9.90 Å². The van der Waals surface area contributed by atoms with E-state index >= 15 is 0 Å². The molecule has 0 fully saturated rings. The predicted molar refractivity (Wildman–Crippen MR) is 137 cm³/mol. The summed E-state index contributed by atoms with van der Waals surface area (Å²) in [5.41, 5.74) is 3.04. The van der Waals surface area contributed by atoms with Crippen molar-refractivity contribution < 1.29 is 24.1 Å². The van der Waals surface area contributed by atoms with Crippen LogP contribution in [-0.4, -0.2) is 31.8 Å². The van der Waals surface area contributed by atoms with Crippen LogP contribution in [0.3, 0.4) is 0 Å². The van der Waals surface area contributed by atoms with E-state index < -0.39 is 11.9 Å². The minimum atomic E-state index is -0.554. The fraction of sp³-hybridized carbons (Fsp3) is 0.207. The Hall–Kier alpha value is -4.19. The Morgan fingerprint density at radius 3 is 2.31 bits per heavy atom. The number of hydrogen-bond donors (Lipinski definition) is 1. The number of anilines is 1. The van der Waals surface area contributed by atoms with Crippen LogP contribution in [0.4, 0.5) is 5.69 Å². The highest BCUT2D eigenvalue weighted by molar-refractivity contribution is 6.08. The summed E-state index contributed by atoms with van der Waals surface area (Å²) in [6, 6.07) is 22.1. The van der Waals surface area contributed by atoms with E-state index in [0.717, 1.165) is 11.1 Å². The van der Waals surface area contributed by atoms with Crippen LogP contribution in [0.1, 0.15) is 30.5 Å². The fourth-order valence-corrected chi connectivity index (χ4v) is 4.26. The number of benzene rings is 3. The third-order valence-corrected chi connectivity index (χ3v) is 5.92. The lowest BCUT2D eigenvalue weighted by Crippen LogP contribution is -2.30. The second kappa shape index (κ2) is 10.8. The number of allylic oxidation sites excluding steroid dienone is 1. The summed E-state index contributed by atoms with van der Waals surface area (Å²) >= 11 is 0. The molecule has 1 unspecified atom stereocenters. The van der Waals surface area contributed by atoms with Gasteiger partial charge in [0.25, 0.3) is 5.91 Å². The van der Waals surface area contributed by atoms with Gasteiger partial charge in [-0.3, -0.25) is 9.69 Å². The topological polar surface area (TPSA) is 68.2 Å². The molecule has 0 saturated heterocycles. The van der Waals surface area contributed by atoms with E-state index in [1.165, 1.54) is 0 Å². The molecule has 6 nitrogen and oxygen atoms in total. The Bertz CT molecular complexity index is 1230. The summed E-state index contributed by atoms with van der Waals surface area (Å²) < 4.78 is 16.6.